The first-order chi connectivity index (χ1) is 17.7. The molecule has 1 aromatic heterocycles. The van der Waals surface area contributed by atoms with Gasteiger partial charge in [-0.2, -0.15) is 0 Å². The molecule has 0 aliphatic heterocycles. The summed E-state index contributed by atoms with van der Waals surface area (Å²) in [6.45, 7) is 5.87. The van der Waals surface area contributed by atoms with Crippen molar-refractivity contribution in [1.82, 2.24) is 4.98 Å². The molecule has 2 N–H and O–H groups in total. The summed E-state index contributed by atoms with van der Waals surface area (Å²) in [5, 5.41) is 3.02. The Labute approximate surface area is 226 Å². The normalized spacial score (nSPS) is 11.4. The van der Waals surface area contributed by atoms with Gasteiger partial charge in [0.1, 0.15) is 11.5 Å². The molecular weight excluding hydrogens is 534 g/mol. The van der Waals surface area contributed by atoms with E-state index in [1.807, 2.05) is 20.8 Å². The number of nitrogens with one attached hydrogen (secondary N) is 2. The van der Waals surface area contributed by atoms with Crippen LogP contribution >= 0.6 is 11.6 Å². The van der Waals surface area contributed by atoms with Crippen molar-refractivity contribution < 1.29 is 32.2 Å². The molecule has 0 unspecified atom stereocenters. The number of carbonyl (C=O) groups is 2. The third kappa shape index (κ3) is 7.14. The average molecular weight is 562 g/mol. The van der Waals surface area contributed by atoms with E-state index in [1.54, 1.807) is 12.1 Å². The third-order valence-corrected chi connectivity index (χ3v) is 6.15. The van der Waals surface area contributed by atoms with E-state index in [9.17, 15) is 18.0 Å². The van der Waals surface area contributed by atoms with E-state index in [0.717, 1.165) is 11.8 Å². The molecule has 0 bridgehead atoms. The number of nitrogens with zero attached hydrogens (tertiary/aromatic N) is 1. The number of amides is 1. The van der Waals surface area contributed by atoms with Crippen molar-refractivity contribution in [2.24, 2.45) is 0 Å². The number of pyridine rings is 1. The molecule has 0 aliphatic carbocycles. The molecule has 0 radical (unpaired) electrons. The van der Waals surface area contributed by atoms with Gasteiger partial charge < -0.3 is 19.5 Å². The summed E-state index contributed by atoms with van der Waals surface area (Å²) in [7, 11) is -1.01. The Bertz CT molecular complexity index is 1480. The summed E-state index contributed by atoms with van der Waals surface area (Å²) < 4.78 is 42.3. The molecule has 0 saturated heterocycles. The summed E-state index contributed by atoms with van der Waals surface area (Å²) in [5.41, 5.74) is 1.10. The van der Waals surface area contributed by atoms with Crippen molar-refractivity contribution in [3.05, 3.63) is 70.5 Å². The first kappa shape index (κ1) is 28.7. The smallest absolute Gasteiger partial charge is 0.356 e. The second kappa shape index (κ2) is 11.3. The first-order valence-corrected chi connectivity index (χ1v) is 13.5. The van der Waals surface area contributed by atoms with Crippen LogP contribution in [0, 0.1) is 0 Å². The first-order valence-electron chi connectivity index (χ1n) is 11.2. The van der Waals surface area contributed by atoms with E-state index < -0.39 is 21.9 Å². The van der Waals surface area contributed by atoms with E-state index in [2.05, 4.69) is 19.8 Å². The van der Waals surface area contributed by atoms with Crippen molar-refractivity contribution in [2.75, 3.05) is 30.5 Å². The predicted octanol–water partition coefficient (Wildman–Crippen LogP) is 5.24. The van der Waals surface area contributed by atoms with Crippen LogP contribution in [0.4, 0.5) is 11.4 Å². The molecule has 10 nitrogen and oxygen atoms in total. The number of hydrogen-bond acceptors (Lipinski definition) is 8. The summed E-state index contributed by atoms with van der Waals surface area (Å²) in [6.07, 6.45) is 2.41. The summed E-state index contributed by atoms with van der Waals surface area (Å²) in [6, 6.07) is 10.7. The molecule has 0 fully saturated rings. The molecule has 1 heterocycles. The van der Waals surface area contributed by atoms with Crippen LogP contribution in [0.5, 0.6) is 17.2 Å². The van der Waals surface area contributed by atoms with Gasteiger partial charge in [0.25, 0.3) is 5.91 Å². The lowest BCUT2D eigenvalue weighted by atomic mass is 9.86. The number of aromatic nitrogens is 1. The Hall–Kier alpha value is -3.83. The van der Waals surface area contributed by atoms with E-state index >= 15 is 0 Å². The summed E-state index contributed by atoms with van der Waals surface area (Å²) >= 11 is 6.29. The lowest BCUT2D eigenvalue weighted by molar-refractivity contribution is 0.0593. The van der Waals surface area contributed by atoms with Gasteiger partial charge in [0.05, 0.1) is 36.9 Å². The van der Waals surface area contributed by atoms with Crippen molar-refractivity contribution in [2.45, 2.75) is 26.2 Å². The van der Waals surface area contributed by atoms with Gasteiger partial charge in [-0.05, 0) is 47.4 Å². The van der Waals surface area contributed by atoms with Crippen LogP contribution in [0.1, 0.15) is 47.2 Å². The zero-order chi connectivity index (χ0) is 28.3. The van der Waals surface area contributed by atoms with Crippen molar-refractivity contribution in [1.29, 1.82) is 0 Å². The minimum atomic E-state index is -3.63. The maximum absolute atomic E-state index is 13.3. The molecule has 0 aliphatic rings. The molecule has 202 valence electrons. The molecule has 0 spiro atoms. The summed E-state index contributed by atoms with van der Waals surface area (Å²) in [4.78, 5) is 29.0. The minimum Gasteiger partial charge on any atom is -0.492 e. The average Bonchev–Trinajstić information content (AvgIpc) is 2.83. The van der Waals surface area contributed by atoms with Crippen LogP contribution < -0.4 is 19.5 Å². The van der Waals surface area contributed by atoms with Crippen LogP contribution in [-0.4, -0.2) is 45.8 Å². The molecule has 3 rings (SSSR count). The maximum Gasteiger partial charge on any atom is 0.356 e. The standard InChI is InChI=1S/C26H28ClN3O7S/c1-26(2,3)16-12-19(23(35-4)20(13-16)30-38(6,33)34)29-24(31)15-7-8-18(27)22(11-15)37-17-9-10-28-21(14-17)25(32)36-5/h7-14,30H,1-6H3,(H,29,31). The fourth-order valence-corrected chi connectivity index (χ4v) is 4.09. The topological polar surface area (TPSA) is 133 Å². The maximum atomic E-state index is 13.3. The van der Waals surface area contributed by atoms with Gasteiger partial charge >= 0.3 is 5.97 Å². The number of hydrogen-bond donors (Lipinski definition) is 2. The third-order valence-electron chi connectivity index (χ3n) is 5.25. The number of halogens is 1. The van der Waals surface area contributed by atoms with Crippen molar-refractivity contribution in [3.8, 4) is 17.2 Å². The van der Waals surface area contributed by atoms with Crippen LogP contribution in [-0.2, 0) is 20.2 Å². The number of sulfonamides is 1. The molecule has 3 aromatic rings. The van der Waals surface area contributed by atoms with E-state index in [4.69, 9.17) is 21.1 Å². The predicted molar refractivity (Wildman–Crippen MR) is 145 cm³/mol. The van der Waals surface area contributed by atoms with Gasteiger partial charge in [-0.25, -0.2) is 18.2 Å². The van der Waals surface area contributed by atoms with Crippen molar-refractivity contribution in [3.63, 3.8) is 0 Å². The fourth-order valence-electron chi connectivity index (χ4n) is 3.39. The van der Waals surface area contributed by atoms with Crippen LogP contribution in [0.2, 0.25) is 5.02 Å². The Balaban J connectivity index is 1.97. The number of esters is 1. The van der Waals surface area contributed by atoms with E-state index in [-0.39, 0.29) is 50.3 Å². The van der Waals surface area contributed by atoms with Gasteiger partial charge in [0.2, 0.25) is 10.0 Å². The highest BCUT2D eigenvalue weighted by molar-refractivity contribution is 7.92. The zero-order valence-corrected chi connectivity index (χ0v) is 23.3. The number of methoxy groups -OCH3 is 2. The van der Waals surface area contributed by atoms with Gasteiger partial charge in [0.15, 0.2) is 11.4 Å². The Morgan fingerprint density at radius 1 is 1.00 bits per heavy atom. The number of benzene rings is 2. The van der Waals surface area contributed by atoms with Gasteiger partial charge in [-0.15, -0.1) is 0 Å². The van der Waals surface area contributed by atoms with Crippen LogP contribution in [0.25, 0.3) is 0 Å². The summed E-state index contributed by atoms with van der Waals surface area (Å²) in [5.74, 6) is -0.585. The van der Waals surface area contributed by atoms with Crippen LogP contribution in [0.15, 0.2) is 48.7 Å². The lowest BCUT2D eigenvalue weighted by Crippen LogP contribution is -2.18. The quantitative estimate of drug-likeness (QED) is 0.357. The molecule has 38 heavy (non-hydrogen) atoms. The van der Waals surface area contributed by atoms with Crippen molar-refractivity contribution >= 4 is 44.9 Å². The molecule has 1 amide bonds. The number of rotatable bonds is 8. The van der Waals surface area contributed by atoms with Crippen LogP contribution in [0.3, 0.4) is 0 Å². The molecule has 2 aromatic carbocycles. The number of carbonyl (C=O) groups excluding carboxylic acids is 2. The highest BCUT2D eigenvalue weighted by Gasteiger charge is 2.23. The lowest BCUT2D eigenvalue weighted by Gasteiger charge is -2.24. The fraction of sp³-hybridized carbons (Fsp3) is 0.269. The Morgan fingerprint density at radius 2 is 1.68 bits per heavy atom. The van der Waals surface area contributed by atoms with Gasteiger partial charge in [0, 0.05) is 17.8 Å². The van der Waals surface area contributed by atoms with E-state index in [1.165, 1.54) is 50.7 Å². The minimum absolute atomic E-state index is 0.0411. The van der Waals surface area contributed by atoms with Gasteiger partial charge in [-0.1, -0.05) is 32.4 Å². The number of anilines is 2. The molecule has 0 atom stereocenters. The SMILES string of the molecule is COC(=O)c1cc(Oc2cc(C(=O)Nc3cc(C(C)(C)C)cc(NS(C)(=O)=O)c3OC)ccc2Cl)ccn1. The molecule has 12 heteroatoms. The largest absolute Gasteiger partial charge is 0.492 e. The Kier molecular flexibility index (Phi) is 8.53. The molecule has 0 saturated carbocycles. The zero-order valence-electron chi connectivity index (χ0n) is 21.7. The highest BCUT2D eigenvalue weighted by Crippen LogP contribution is 2.39. The highest BCUT2D eigenvalue weighted by atomic mass is 35.5. The second-order valence-electron chi connectivity index (χ2n) is 9.30. The Morgan fingerprint density at radius 3 is 2.29 bits per heavy atom. The molecular formula is C26H28ClN3O7S. The second-order valence-corrected chi connectivity index (χ2v) is 11.5. The monoisotopic (exact) mass is 561 g/mol. The van der Waals surface area contributed by atoms with E-state index in [0.29, 0.717) is 0 Å². The van der Waals surface area contributed by atoms with Gasteiger partial charge in [-0.3, -0.25) is 9.52 Å². The number of ether oxygens (including phenoxy) is 3.